The van der Waals surface area contributed by atoms with Crippen molar-refractivity contribution in [2.75, 3.05) is 27.2 Å². The zero-order valence-corrected chi connectivity index (χ0v) is 11.7. The Morgan fingerprint density at radius 1 is 1.32 bits per heavy atom. The molecule has 3 amide bonds. The Morgan fingerprint density at radius 2 is 1.95 bits per heavy atom. The van der Waals surface area contributed by atoms with Gasteiger partial charge in [-0.2, -0.15) is 0 Å². The molecule has 0 aromatic rings. The van der Waals surface area contributed by atoms with Gasteiger partial charge in [-0.1, -0.05) is 6.92 Å². The molecule has 0 aliphatic rings. The fraction of sp³-hybridized carbons (Fsp3) is 0.750. The average Bonchev–Trinajstić information content (AvgIpc) is 2.39. The number of aliphatic carboxylic acids is 1. The van der Waals surface area contributed by atoms with E-state index in [2.05, 4.69) is 10.6 Å². The lowest BCUT2D eigenvalue weighted by Crippen LogP contribution is -2.39. The molecule has 1 atom stereocenters. The van der Waals surface area contributed by atoms with Crippen molar-refractivity contribution < 1.29 is 19.5 Å². The van der Waals surface area contributed by atoms with E-state index in [0.717, 1.165) is 0 Å². The van der Waals surface area contributed by atoms with Crippen molar-refractivity contribution in [2.24, 2.45) is 5.92 Å². The van der Waals surface area contributed by atoms with E-state index in [1.807, 2.05) is 0 Å². The monoisotopic (exact) mass is 273 g/mol. The third kappa shape index (κ3) is 8.01. The summed E-state index contributed by atoms with van der Waals surface area (Å²) in [6.45, 7) is 2.41. The zero-order valence-electron chi connectivity index (χ0n) is 11.7. The Labute approximate surface area is 113 Å². The first-order valence-electron chi connectivity index (χ1n) is 6.30. The Hall–Kier alpha value is -1.79. The summed E-state index contributed by atoms with van der Waals surface area (Å²) in [5, 5.41) is 13.9. The van der Waals surface area contributed by atoms with E-state index < -0.39 is 11.9 Å². The second-order valence-electron chi connectivity index (χ2n) is 4.46. The Balaban J connectivity index is 3.73. The molecule has 0 radical (unpaired) electrons. The lowest BCUT2D eigenvalue weighted by atomic mass is 10.1. The fourth-order valence-corrected chi connectivity index (χ4v) is 1.36. The molecule has 3 N–H and O–H groups in total. The van der Waals surface area contributed by atoms with Crippen molar-refractivity contribution in [3.05, 3.63) is 0 Å². The van der Waals surface area contributed by atoms with Crippen molar-refractivity contribution >= 4 is 17.9 Å². The highest BCUT2D eigenvalue weighted by molar-refractivity contribution is 5.77. The summed E-state index contributed by atoms with van der Waals surface area (Å²) in [4.78, 5) is 34.6. The first kappa shape index (κ1) is 17.2. The molecule has 0 heterocycles. The second kappa shape index (κ2) is 9.18. The molecule has 0 aromatic carbocycles. The number of rotatable bonds is 8. The molecule has 0 aliphatic carbocycles. The van der Waals surface area contributed by atoms with Gasteiger partial charge < -0.3 is 20.6 Å². The molecule has 0 saturated heterocycles. The summed E-state index contributed by atoms with van der Waals surface area (Å²) in [6, 6.07) is -0.258. The number of hydrogen-bond donors (Lipinski definition) is 3. The first-order chi connectivity index (χ1) is 8.88. The van der Waals surface area contributed by atoms with E-state index in [1.54, 1.807) is 21.0 Å². The number of hydrogen-bond acceptors (Lipinski definition) is 3. The quantitative estimate of drug-likeness (QED) is 0.553. The molecular weight excluding hydrogens is 250 g/mol. The molecule has 7 heteroatoms. The van der Waals surface area contributed by atoms with Crippen LogP contribution < -0.4 is 10.6 Å². The summed E-state index contributed by atoms with van der Waals surface area (Å²) in [6.07, 6.45) is 1.40. The molecule has 0 rings (SSSR count). The van der Waals surface area contributed by atoms with Gasteiger partial charge in [-0.25, -0.2) is 4.79 Å². The number of nitrogens with zero attached hydrogens (tertiary/aromatic N) is 1. The van der Waals surface area contributed by atoms with Gasteiger partial charge in [-0.3, -0.25) is 9.59 Å². The van der Waals surface area contributed by atoms with Crippen LogP contribution in [0.2, 0.25) is 0 Å². The van der Waals surface area contributed by atoms with E-state index >= 15 is 0 Å². The Morgan fingerprint density at radius 3 is 2.47 bits per heavy atom. The molecule has 1 unspecified atom stereocenters. The predicted molar refractivity (Wildman–Crippen MR) is 70.7 cm³/mol. The van der Waals surface area contributed by atoms with Crippen molar-refractivity contribution in [2.45, 2.75) is 26.2 Å². The summed E-state index contributed by atoms with van der Waals surface area (Å²) in [7, 11) is 3.16. The van der Waals surface area contributed by atoms with E-state index in [0.29, 0.717) is 25.9 Å². The molecule has 0 spiro atoms. The largest absolute Gasteiger partial charge is 0.481 e. The van der Waals surface area contributed by atoms with Crippen LogP contribution in [0.15, 0.2) is 0 Å². The minimum atomic E-state index is -0.825. The van der Waals surface area contributed by atoms with Crippen molar-refractivity contribution in [3.8, 4) is 0 Å². The number of carboxylic acid groups (broad SMARTS) is 1. The highest BCUT2D eigenvalue weighted by atomic mass is 16.4. The third-order valence-corrected chi connectivity index (χ3v) is 2.81. The van der Waals surface area contributed by atoms with Gasteiger partial charge in [0.15, 0.2) is 0 Å². The van der Waals surface area contributed by atoms with E-state index in [9.17, 15) is 14.4 Å². The lowest BCUT2D eigenvalue weighted by Gasteiger charge is -2.17. The van der Waals surface area contributed by atoms with Crippen LogP contribution in [0.1, 0.15) is 26.2 Å². The van der Waals surface area contributed by atoms with Gasteiger partial charge in [-0.05, 0) is 12.8 Å². The second-order valence-corrected chi connectivity index (χ2v) is 4.46. The molecule has 19 heavy (non-hydrogen) atoms. The Bertz CT molecular complexity index is 320. The summed E-state index contributed by atoms with van der Waals surface area (Å²) >= 11 is 0. The van der Waals surface area contributed by atoms with Crippen LogP contribution in [-0.2, 0) is 9.59 Å². The van der Waals surface area contributed by atoms with Gasteiger partial charge in [-0.15, -0.1) is 0 Å². The highest BCUT2D eigenvalue weighted by Crippen LogP contribution is 2.04. The maximum Gasteiger partial charge on any atom is 0.317 e. The topological polar surface area (TPSA) is 98.7 Å². The molecule has 110 valence electrons. The molecule has 0 aliphatic heterocycles. The first-order valence-corrected chi connectivity index (χ1v) is 6.30. The summed E-state index contributed by atoms with van der Waals surface area (Å²) in [5.41, 5.74) is 0. The zero-order chi connectivity index (χ0) is 14.8. The van der Waals surface area contributed by atoms with Gasteiger partial charge in [0.1, 0.15) is 0 Å². The number of amides is 3. The SMILES string of the molecule is CNC(=O)CCN(C)C(=O)NCCCC(C)C(=O)O. The smallest absolute Gasteiger partial charge is 0.317 e. The van der Waals surface area contributed by atoms with Gasteiger partial charge >= 0.3 is 12.0 Å². The molecule has 0 fully saturated rings. The van der Waals surface area contributed by atoms with Gasteiger partial charge in [0.2, 0.25) is 5.91 Å². The van der Waals surface area contributed by atoms with Crippen LogP contribution in [0.4, 0.5) is 4.79 Å². The number of carbonyl (C=O) groups is 3. The molecule has 0 bridgehead atoms. The predicted octanol–water partition coefficient (Wildman–Crippen LogP) is 0.265. The Kier molecular flexibility index (Phi) is 8.32. The van der Waals surface area contributed by atoms with Gasteiger partial charge in [0, 0.05) is 33.6 Å². The standard InChI is InChI=1S/C12H23N3O4/c1-9(11(17)18)5-4-7-14-12(19)15(3)8-6-10(16)13-2/h9H,4-8H2,1-3H3,(H,13,16)(H,14,19)(H,17,18). The van der Waals surface area contributed by atoms with Crippen LogP contribution >= 0.6 is 0 Å². The molecular formula is C12H23N3O4. The van der Waals surface area contributed by atoms with E-state index in [1.165, 1.54) is 4.90 Å². The maximum atomic E-state index is 11.6. The fourth-order valence-electron chi connectivity index (χ4n) is 1.36. The van der Waals surface area contributed by atoms with Gasteiger partial charge in [0.25, 0.3) is 0 Å². The van der Waals surface area contributed by atoms with Crippen LogP contribution in [0, 0.1) is 5.92 Å². The van der Waals surface area contributed by atoms with E-state index in [4.69, 9.17) is 5.11 Å². The van der Waals surface area contributed by atoms with Crippen molar-refractivity contribution in [3.63, 3.8) is 0 Å². The minimum Gasteiger partial charge on any atom is -0.481 e. The van der Waals surface area contributed by atoms with Crippen LogP contribution in [0.25, 0.3) is 0 Å². The van der Waals surface area contributed by atoms with Crippen LogP contribution in [0.5, 0.6) is 0 Å². The van der Waals surface area contributed by atoms with Crippen molar-refractivity contribution in [1.29, 1.82) is 0 Å². The lowest BCUT2D eigenvalue weighted by molar-refractivity contribution is -0.141. The van der Waals surface area contributed by atoms with Crippen LogP contribution in [0.3, 0.4) is 0 Å². The third-order valence-electron chi connectivity index (χ3n) is 2.81. The van der Waals surface area contributed by atoms with Crippen molar-refractivity contribution in [1.82, 2.24) is 15.5 Å². The van der Waals surface area contributed by atoms with E-state index in [-0.39, 0.29) is 18.4 Å². The summed E-state index contributed by atoms with van der Waals surface area (Å²) in [5.74, 6) is -1.34. The van der Waals surface area contributed by atoms with Gasteiger partial charge in [0.05, 0.1) is 5.92 Å². The number of nitrogens with one attached hydrogen (secondary N) is 2. The number of carboxylic acids is 1. The summed E-state index contributed by atoms with van der Waals surface area (Å²) < 4.78 is 0. The number of carbonyl (C=O) groups excluding carboxylic acids is 2. The highest BCUT2D eigenvalue weighted by Gasteiger charge is 2.12. The molecule has 0 aromatic heterocycles. The number of urea groups is 1. The molecule has 0 saturated carbocycles. The normalized spacial score (nSPS) is 11.5. The maximum absolute atomic E-state index is 11.6. The minimum absolute atomic E-state index is 0.116. The molecule has 7 nitrogen and oxygen atoms in total. The average molecular weight is 273 g/mol. The van der Waals surface area contributed by atoms with Crippen LogP contribution in [-0.4, -0.2) is 55.1 Å².